The first-order valence-electron chi connectivity index (χ1n) is 4.83. The second kappa shape index (κ2) is 4.05. The molecule has 0 aliphatic heterocycles. The molecular formula is C11H13NOS. The highest BCUT2D eigenvalue weighted by molar-refractivity contribution is 8.00. The van der Waals surface area contributed by atoms with Crippen LogP contribution in [-0.4, -0.2) is 11.2 Å². The van der Waals surface area contributed by atoms with Crippen LogP contribution >= 0.6 is 11.8 Å². The van der Waals surface area contributed by atoms with Gasteiger partial charge in [0, 0.05) is 10.1 Å². The monoisotopic (exact) mass is 207 g/mol. The van der Waals surface area contributed by atoms with Crippen molar-refractivity contribution in [1.82, 2.24) is 0 Å². The van der Waals surface area contributed by atoms with Crippen molar-refractivity contribution in [3.8, 4) is 0 Å². The zero-order chi connectivity index (χ0) is 9.97. The van der Waals surface area contributed by atoms with E-state index in [4.69, 9.17) is 5.73 Å². The maximum Gasteiger partial charge on any atom is 0.249 e. The first kappa shape index (κ1) is 9.59. The minimum absolute atomic E-state index is 0.326. The van der Waals surface area contributed by atoms with E-state index >= 15 is 0 Å². The summed E-state index contributed by atoms with van der Waals surface area (Å²) in [5.74, 6) is -0.326. The Morgan fingerprint density at radius 2 is 2.07 bits per heavy atom. The van der Waals surface area contributed by atoms with Crippen LogP contribution in [0.3, 0.4) is 0 Å². The first-order valence-corrected chi connectivity index (χ1v) is 5.71. The molecule has 0 aromatic heterocycles. The topological polar surface area (TPSA) is 43.1 Å². The molecule has 2 nitrogen and oxygen atoms in total. The molecule has 0 bridgehead atoms. The molecule has 3 heteroatoms. The number of nitrogens with two attached hydrogens (primary N) is 1. The van der Waals surface area contributed by atoms with Crippen molar-refractivity contribution in [2.24, 2.45) is 5.73 Å². The quantitative estimate of drug-likeness (QED) is 0.827. The summed E-state index contributed by atoms with van der Waals surface area (Å²) in [4.78, 5) is 12.2. The largest absolute Gasteiger partial charge is 0.366 e. The van der Waals surface area contributed by atoms with E-state index in [0.717, 1.165) is 4.90 Å². The van der Waals surface area contributed by atoms with Crippen LogP contribution in [0.25, 0.3) is 0 Å². The SMILES string of the molecule is NC(=O)c1ccccc1SC1CCC1. The lowest BCUT2D eigenvalue weighted by Gasteiger charge is -2.25. The van der Waals surface area contributed by atoms with Gasteiger partial charge in [0.15, 0.2) is 0 Å². The molecule has 0 atom stereocenters. The number of hydrogen-bond acceptors (Lipinski definition) is 2. The molecule has 1 amide bonds. The van der Waals surface area contributed by atoms with E-state index in [1.54, 1.807) is 17.8 Å². The smallest absolute Gasteiger partial charge is 0.249 e. The van der Waals surface area contributed by atoms with Gasteiger partial charge in [0.1, 0.15) is 0 Å². The van der Waals surface area contributed by atoms with Crippen LogP contribution in [0.15, 0.2) is 29.2 Å². The third kappa shape index (κ3) is 1.93. The summed E-state index contributed by atoms with van der Waals surface area (Å²) < 4.78 is 0. The molecule has 0 spiro atoms. The molecule has 1 aliphatic carbocycles. The maximum atomic E-state index is 11.1. The van der Waals surface area contributed by atoms with E-state index in [2.05, 4.69) is 0 Å². The van der Waals surface area contributed by atoms with E-state index in [0.29, 0.717) is 10.8 Å². The van der Waals surface area contributed by atoms with Crippen LogP contribution in [0, 0.1) is 0 Å². The summed E-state index contributed by atoms with van der Waals surface area (Å²) in [6.07, 6.45) is 3.84. The highest BCUT2D eigenvalue weighted by atomic mass is 32.2. The maximum absolute atomic E-state index is 11.1. The Morgan fingerprint density at radius 1 is 1.36 bits per heavy atom. The summed E-state index contributed by atoms with van der Waals surface area (Å²) in [5, 5.41) is 0.690. The molecule has 74 valence electrons. The third-order valence-corrected chi connectivity index (χ3v) is 3.91. The van der Waals surface area contributed by atoms with Gasteiger partial charge >= 0.3 is 0 Å². The van der Waals surface area contributed by atoms with Crippen LogP contribution in [0.2, 0.25) is 0 Å². The van der Waals surface area contributed by atoms with Gasteiger partial charge in [-0.15, -0.1) is 11.8 Å². The second-order valence-corrected chi connectivity index (χ2v) is 4.87. The highest BCUT2D eigenvalue weighted by Crippen LogP contribution is 2.37. The normalized spacial score (nSPS) is 16.3. The van der Waals surface area contributed by atoms with Gasteiger partial charge in [-0.1, -0.05) is 18.6 Å². The van der Waals surface area contributed by atoms with Crippen molar-refractivity contribution in [2.75, 3.05) is 0 Å². The predicted octanol–water partition coefficient (Wildman–Crippen LogP) is 2.43. The molecule has 2 rings (SSSR count). The molecule has 0 saturated heterocycles. The van der Waals surface area contributed by atoms with Crippen molar-refractivity contribution < 1.29 is 4.79 Å². The van der Waals surface area contributed by atoms with Crippen LogP contribution in [0.4, 0.5) is 0 Å². The lowest BCUT2D eigenvalue weighted by atomic mass is 10.00. The van der Waals surface area contributed by atoms with E-state index in [1.807, 2.05) is 18.2 Å². The number of amides is 1. The van der Waals surface area contributed by atoms with Crippen molar-refractivity contribution in [3.63, 3.8) is 0 Å². The average Bonchev–Trinajstić information content (AvgIpc) is 2.12. The van der Waals surface area contributed by atoms with Crippen LogP contribution in [0.5, 0.6) is 0 Å². The molecule has 1 aliphatic rings. The van der Waals surface area contributed by atoms with Crippen LogP contribution in [0.1, 0.15) is 29.6 Å². The summed E-state index contributed by atoms with van der Waals surface area (Å²) in [7, 11) is 0. The van der Waals surface area contributed by atoms with Crippen LogP contribution < -0.4 is 5.73 Å². The third-order valence-electron chi connectivity index (χ3n) is 2.50. The van der Waals surface area contributed by atoms with Gasteiger partial charge < -0.3 is 5.73 Å². The summed E-state index contributed by atoms with van der Waals surface area (Å²) >= 11 is 1.78. The van der Waals surface area contributed by atoms with Crippen molar-refractivity contribution in [1.29, 1.82) is 0 Å². The molecule has 14 heavy (non-hydrogen) atoms. The van der Waals surface area contributed by atoms with Gasteiger partial charge in [0.05, 0.1) is 5.56 Å². The molecule has 1 fully saturated rings. The summed E-state index contributed by atoms with van der Waals surface area (Å²) in [6, 6.07) is 7.57. The number of carbonyl (C=O) groups excluding carboxylic acids is 1. The zero-order valence-corrected chi connectivity index (χ0v) is 8.72. The van der Waals surface area contributed by atoms with Gasteiger partial charge in [-0.3, -0.25) is 4.79 Å². The molecule has 0 heterocycles. The molecular weight excluding hydrogens is 194 g/mol. The molecule has 1 saturated carbocycles. The Balaban J connectivity index is 2.17. The number of rotatable bonds is 3. The molecule has 1 aromatic rings. The Bertz CT molecular complexity index is 347. The fourth-order valence-electron chi connectivity index (χ4n) is 1.44. The standard InChI is InChI=1S/C11H13NOS/c12-11(13)9-6-1-2-7-10(9)14-8-4-3-5-8/h1-2,6-8H,3-5H2,(H2,12,13). The Labute approximate surface area is 87.9 Å². The number of benzene rings is 1. The van der Waals surface area contributed by atoms with Gasteiger partial charge in [-0.2, -0.15) is 0 Å². The van der Waals surface area contributed by atoms with Crippen molar-refractivity contribution in [2.45, 2.75) is 29.4 Å². The van der Waals surface area contributed by atoms with E-state index in [1.165, 1.54) is 19.3 Å². The second-order valence-electron chi connectivity index (χ2n) is 3.53. The lowest BCUT2D eigenvalue weighted by Crippen LogP contribution is -2.16. The summed E-state index contributed by atoms with van der Waals surface area (Å²) in [5.41, 5.74) is 5.95. The van der Waals surface area contributed by atoms with Crippen molar-refractivity contribution in [3.05, 3.63) is 29.8 Å². The van der Waals surface area contributed by atoms with Crippen molar-refractivity contribution >= 4 is 17.7 Å². The number of carbonyl (C=O) groups is 1. The molecule has 1 aromatic carbocycles. The highest BCUT2D eigenvalue weighted by Gasteiger charge is 2.20. The van der Waals surface area contributed by atoms with Crippen LogP contribution in [-0.2, 0) is 0 Å². The molecule has 0 unspecified atom stereocenters. The minimum atomic E-state index is -0.326. The number of thioether (sulfide) groups is 1. The van der Waals surface area contributed by atoms with E-state index in [9.17, 15) is 4.79 Å². The van der Waals surface area contributed by atoms with Gasteiger partial charge in [0.25, 0.3) is 0 Å². The van der Waals surface area contributed by atoms with E-state index < -0.39 is 0 Å². The van der Waals surface area contributed by atoms with Gasteiger partial charge in [-0.25, -0.2) is 0 Å². The fraction of sp³-hybridized carbons (Fsp3) is 0.364. The Morgan fingerprint density at radius 3 is 2.64 bits per heavy atom. The fourth-order valence-corrected chi connectivity index (χ4v) is 2.82. The van der Waals surface area contributed by atoms with Gasteiger partial charge in [0.2, 0.25) is 5.91 Å². The first-order chi connectivity index (χ1) is 6.77. The number of hydrogen-bond donors (Lipinski definition) is 1. The zero-order valence-electron chi connectivity index (χ0n) is 7.90. The summed E-state index contributed by atoms with van der Waals surface area (Å²) in [6.45, 7) is 0. The Kier molecular flexibility index (Phi) is 2.77. The molecule has 2 N–H and O–H groups in total. The molecule has 0 radical (unpaired) electrons. The average molecular weight is 207 g/mol. The lowest BCUT2D eigenvalue weighted by molar-refractivity contribution is 0.0997. The van der Waals surface area contributed by atoms with E-state index in [-0.39, 0.29) is 5.91 Å². The Hall–Kier alpha value is -0.960. The minimum Gasteiger partial charge on any atom is -0.366 e. The van der Waals surface area contributed by atoms with Gasteiger partial charge in [-0.05, 0) is 25.0 Å². The predicted molar refractivity (Wildman–Crippen MR) is 58.5 cm³/mol. The number of primary amides is 1.